The quantitative estimate of drug-likeness (QED) is 0.203. The summed E-state index contributed by atoms with van der Waals surface area (Å²) in [6.07, 6.45) is 6.77. The number of nitrogens with zero attached hydrogens (tertiary/aromatic N) is 4. The fourth-order valence-electron chi connectivity index (χ4n) is 4.78. The standard InChI is InChI=1S/C21H15N4.C5H8O2.Ir/c1-21(2)15-7-3-5-12-13-6-4-9-23-19(13)25(18(12)15)20-17(21)14-11-22-10-8-16(14)24-20;1-4(6)3-5(2)7;/h3-11H,1-2H3;3,6H,1-2H3;/q-1;;/b;4-3-;. The Morgan fingerprint density at radius 3 is 2.52 bits per heavy atom. The summed E-state index contributed by atoms with van der Waals surface area (Å²) < 4.78 is 2.24. The van der Waals surface area contributed by atoms with Gasteiger partial charge in [0.15, 0.2) is 5.78 Å². The third-order valence-electron chi connectivity index (χ3n) is 5.99. The number of rotatable bonds is 1. The van der Waals surface area contributed by atoms with E-state index in [1.54, 1.807) is 0 Å². The smallest absolute Gasteiger partial charge is 0.155 e. The van der Waals surface area contributed by atoms with Crippen LogP contribution in [0.3, 0.4) is 0 Å². The normalized spacial score (nSPS) is 13.9. The number of fused-ring (bicyclic) bond motifs is 7. The summed E-state index contributed by atoms with van der Waals surface area (Å²) in [5.74, 6) is 0.929. The SMILES string of the molecule is CC(=O)/C=C(/C)O.CC1(C)c2c([n-]c3ccncc23)-n2c3ncccc3c3cccc1c32.[Ir]. The Bertz CT molecular complexity index is 1560. The topological polar surface area (TPSA) is 82.1 Å². The largest absolute Gasteiger partial charge is 0.512 e. The van der Waals surface area contributed by atoms with E-state index in [9.17, 15) is 4.79 Å². The van der Waals surface area contributed by atoms with Crippen LogP contribution in [-0.2, 0) is 30.3 Å². The number of carbonyl (C=O) groups excluding carboxylic acids is 1. The molecule has 5 heterocycles. The van der Waals surface area contributed by atoms with E-state index in [1.165, 1.54) is 47.3 Å². The number of allylic oxidation sites excluding steroid dienone is 2. The summed E-state index contributed by atoms with van der Waals surface area (Å²) in [6, 6.07) is 12.7. The van der Waals surface area contributed by atoms with Gasteiger partial charge in [0.05, 0.1) is 11.4 Å². The number of benzene rings is 1. The van der Waals surface area contributed by atoms with Gasteiger partial charge in [-0.15, -0.1) is 0 Å². The van der Waals surface area contributed by atoms with Gasteiger partial charge in [0.1, 0.15) is 0 Å². The minimum absolute atomic E-state index is 0. The van der Waals surface area contributed by atoms with Crippen molar-refractivity contribution < 1.29 is 30.0 Å². The van der Waals surface area contributed by atoms with E-state index in [-0.39, 0.29) is 37.1 Å². The van der Waals surface area contributed by atoms with Gasteiger partial charge >= 0.3 is 0 Å². The van der Waals surface area contributed by atoms with Crippen molar-refractivity contribution in [2.75, 3.05) is 0 Å². The van der Waals surface area contributed by atoms with Gasteiger partial charge < -0.3 is 14.7 Å². The minimum Gasteiger partial charge on any atom is -0.512 e. The predicted molar refractivity (Wildman–Crippen MR) is 126 cm³/mol. The second-order valence-electron chi connectivity index (χ2n) is 8.64. The van der Waals surface area contributed by atoms with Gasteiger partial charge in [-0.2, -0.15) is 0 Å². The fourth-order valence-corrected chi connectivity index (χ4v) is 4.78. The van der Waals surface area contributed by atoms with Crippen molar-refractivity contribution in [3.05, 3.63) is 78.0 Å². The molecule has 0 bridgehead atoms. The second-order valence-corrected chi connectivity index (χ2v) is 8.64. The monoisotopic (exact) mass is 616 g/mol. The molecule has 0 amide bonds. The molecule has 4 aromatic heterocycles. The molecule has 0 saturated carbocycles. The Morgan fingerprint density at radius 1 is 1.06 bits per heavy atom. The molecule has 1 radical (unpaired) electrons. The van der Waals surface area contributed by atoms with Crippen molar-refractivity contribution in [2.45, 2.75) is 33.1 Å². The summed E-state index contributed by atoms with van der Waals surface area (Å²) in [5.41, 5.74) is 5.60. The number of hydrogen-bond acceptors (Lipinski definition) is 4. The predicted octanol–water partition coefficient (Wildman–Crippen LogP) is 5.36. The molecule has 169 valence electrons. The average molecular weight is 616 g/mol. The molecule has 0 atom stereocenters. The number of aliphatic hydroxyl groups excluding tert-OH is 1. The molecule has 0 saturated heterocycles. The van der Waals surface area contributed by atoms with Crippen LogP contribution in [0.4, 0.5) is 0 Å². The van der Waals surface area contributed by atoms with E-state index in [2.05, 4.69) is 52.6 Å². The Morgan fingerprint density at radius 2 is 1.82 bits per heavy atom. The van der Waals surface area contributed by atoms with Gasteiger partial charge in [-0.3, -0.25) is 14.8 Å². The fraction of sp³-hybridized carbons (Fsp3) is 0.192. The zero-order chi connectivity index (χ0) is 22.6. The summed E-state index contributed by atoms with van der Waals surface area (Å²) >= 11 is 0. The van der Waals surface area contributed by atoms with Gasteiger partial charge in [0, 0.05) is 55.6 Å². The molecule has 1 aliphatic heterocycles. The molecule has 33 heavy (non-hydrogen) atoms. The summed E-state index contributed by atoms with van der Waals surface area (Å²) in [5, 5.41) is 11.9. The van der Waals surface area contributed by atoms with Crippen LogP contribution in [-0.4, -0.2) is 25.4 Å². The van der Waals surface area contributed by atoms with E-state index in [1.807, 2.05) is 30.7 Å². The van der Waals surface area contributed by atoms with Crippen LogP contribution < -0.4 is 4.98 Å². The third-order valence-corrected chi connectivity index (χ3v) is 5.99. The number of ketones is 1. The third kappa shape index (κ3) is 3.48. The molecule has 6 rings (SSSR count). The molecule has 0 spiro atoms. The van der Waals surface area contributed by atoms with E-state index < -0.39 is 0 Å². The molecule has 5 aromatic rings. The zero-order valence-corrected chi connectivity index (χ0v) is 21.1. The number of para-hydroxylation sites is 1. The minimum atomic E-state index is -0.142. The van der Waals surface area contributed by atoms with Crippen molar-refractivity contribution in [1.82, 2.24) is 19.5 Å². The van der Waals surface area contributed by atoms with Crippen molar-refractivity contribution in [3.63, 3.8) is 0 Å². The van der Waals surface area contributed by atoms with Crippen molar-refractivity contribution >= 4 is 38.6 Å². The molecule has 7 heteroatoms. The van der Waals surface area contributed by atoms with E-state index >= 15 is 0 Å². The molecule has 1 aliphatic rings. The molecule has 1 aromatic carbocycles. The first-order valence-corrected chi connectivity index (χ1v) is 10.5. The Balaban J connectivity index is 0.000000287. The summed E-state index contributed by atoms with van der Waals surface area (Å²) in [4.78, 5) is 24.0. The van der Waals surface area contributed by atoms with Crippen molar-refractivity contribution in [3.8, 4) is 5.82 Å². The second kappa shape index (κ2) is 8.25. The van der Waals surface area contributed by atoms with Crippen LogP contribution in [0.1, 0.15) is 38.8 Å². The van der Waals surface area contributed by atoms with Crippen LogP contribution in [0.2, 0.25) is 0 Å². The summed E-state index contributed by atoms with van der Waals surface area (Å²) in [6.45, 7) is 7.41. The first-order chi connectivity index (χ1) is 15.3. The first-order valence-electron chi connectivity index (χ1n) is 10.5. The molecular formula is C26H23IrN4O2-. The molecule has 6 nitrogen and oxygen atoms in total. The maximum Gasteiger partial charge on any atom is 0.155 e. The molecule has 1 N–H and O–H groups in total. The number of carbonyl (C=O) groups is 1. The van der Waals surface area contributed by atoms with Crippen molar-refractivity contribution in [2.24, 2.45) is 0 Å². The van der Waals surface area contributed by atoms with Crippen LogP contribution >= 0.6 is 0 Å². The van der Waals surface area contributed by atoms with E-state index in [0.717, 1.165) is 22.4 Å². The van der Waals surface area contributed by atoms with Crippen LogP contribution in [0.25, 0.3) is 38.7 Å². The Hall–Kier alpha value is -3.28. The Kier molecular flexibility index (Phi) is 5.72. The maximum atomic E-state index is 10.0. The zero-order valence-electron chi connectivity index (χ0n) is 18.8. The first kappa shape index (κ1) is 22.9. The van der Waals surface area contributed by atoms with Gasteiger partial charge in [0.25, 0.3) is 0 Å². The van der Waals surface area contributed by atoms with Crippen LogP contribution in [0.15, 0.2) is 66.8 Å². The average Bonchev–Trinajstić information content (AvgIpc) is 3.29. The van der Waals surface area contributed by atoms with E-state index in [4.69, 9.17) is 10.1 Å². The molecule has 0 fully saturated rings. The van der Waals surface area contributed by atoms with Crippen molar-refractivity contribution in [1.29, 1.82) is 0 Å². The number of aliphatic hydroxyl groups is 1. The number of pyridine rings is 2. The molecule has 0 aliphatic carbocycles. The van der Waals surface area contributed by atoms with Crippen LogP contribution in [0, 0.1) is 0 Å². The Labute approximate surface area is 204 Å². The molecular weight excluding hydrogens is 593 g/mol. The van der Waals surface area contributed by atoms with Gasteiger partial charge in [-0.1, -0.05) is 38.1 Å². The van der Waals surface area contributed by atoms with E-state index in [0.29, 0.717) is 0 Å². The molecule has 0 unspecified atom stereocenters. The summed E-state index contributed by atoms with van der Waals surface area (Å²) in [7, 11) is 0. The van der Waals surface area contributed by atoms with Gasteiger partial charge in [-0.05, 0) is 64.7 Å². The maximum absolute atomic E-state index is 10.0. The van der Waals surface area contributed by atoms with Crippen LogP contribution in [0.5, 0.6) is 0 Å². The number of hydrogen-bond donors (Lipinski definition) is 1. The van der Waals surface area contributed by atoms with Gasteiger partial charge in [0.2, 0.25) is 0 Å². The number of aromatic nitrogens is 4. The van der Waals surface area contributed by atoms with Gasteiger partial charge in [-0.25, -0.2) is 0 Å².